The Morgan fingerprint density at radius 1 is 0.981 bits per heavy atom. The van der Waals surface area contributed by atoms with E-state index in [0.29, 0.717) is 5.69 Å². The molecule has 2 heterocycles. The van der Waals surface area contributed by atoms with Gasteiger partial charge in [0.15, 0.2) is 5.75 Å². The molecule has 6 rings (SSSR count). The number of anilines is 3. The van der Waals surface area contributed by atoms with Gasteiger partial charge in [0.05, 0.1) is 43.6 Å². The van der Waals surface area contributed by atoms with Crippen LogP contribution in [0, 0.1) is 5.92 Å². The molecule has 0 spiro atoms. The van der Waals surface area contributed by atoms with Crippen LogP contribution in [0.25, 0.3) is 21.9 Å². The van der Waals surface area contributed by atoms with Gasteiger partial charge in [-0.1, -0.05) is 57.2 Å². The predicted molar refractivity (Wildman–Crippen MR) is 205 cm³/mol. The SMILES string of the molecule is COc1c(NC(=O)Nc2ccc(-c3ccc(CN4CCOCC4)nc3)c3ccccc23)cc(C(C)(C)C)cc1N(N(CC1CC1)C(C)=O)S(C)(=O)=O. The fourth-order valence-electron chi connectivity index (χ4n) is 6.46. The summed E-state index contributed by atoms with van der Waals surface area (Å²) in [5.41, 5.74) is 4.22. The molecule has 4 aromatic rings. The van der Waals surface area contributed by atoms with Crippen LogP contribution < -0.4 is 19.8 Å². The number of aromatic nitrogens is 1. The summed E-state index contributed by atoms with van der Waals surface area (Å²) < 4.78 is 39.1. The molecular formula is C39H48N6O6S. The molecule has 3 aromatic carbocycles. The highest BCUT2D eigenvalue weighted by atomic mass is 32.2. The van der Waals surface area contributed by atoms with E-state index >= 15 is 0 Å². The molecule has 3 amide bonds. The Morgan fingerprint density at radius 3 is 2.27 bits per heavy atom. The maximum absolute atomic E-state index is 13.8. The lowest BCUT2D eigenvalue weighted by atomic mass is 9.86. The van der Waals surface area contributed by atoms with Crippen LogP contribution in [0.1, 0.15) is 51.8 Å². The van der Waals surface area contributed by atoms with E-state index in [1.165, 1.54) is 19.0 Å². The smallest absolute Gasteiger partial charge is 0.323 e. The average molecular weight is 729 g/mol. The summed E-state index contributed by atoms with van der Waals surface area (Å²) >= 11 is 0. The van der Waals surface area contributed by atoms with E-state index in [9.17, 15) is 18.0 Å². The van der Waals surface area contributed by atoms with Gasteiger partial charge in [-0.25, -0.2) is 18.2 Å². The first kappa shape index (κ1) is 37.1. The third kappa shape index (κ3) is 8.49. The van der Waals surface area contributed by atoms with E-state index in [1.54, 1.807) is 12.1 Å². The highest BCUT2D eigenvalue weighted by Crippen LogP contribution is 2.43. The standard InChI is InChI=1S/C39H48N6O6S/c1-26(46)44(24-27-11-12-27)45(52(6,48)49)36-22-29(39(2,3)4)21-35(37(36)50-5)42-38(47)41-34-16-15-31(32-9-7-8-10-33(32)34)28-13-14-30(40-23-28)25-43-17-19-51-20-18-43/h7-10,13-16,21-23,27H,11-12,17-20,24-25H2,1-6H3,(H2,41,42,47). The second-order valence-corrected chi connectivity index (χ2v) is 16.4. The van der Waals surface area contributed by atoms with Crippen LogP contribution in [-0.2, 0) is 31.5 Å². The van der Waals surface area contributed by atoms with Crippen LogP contribution in [0.15, 0.2) is 66.9 Å². The van der Waals surface area contributed by atoms with Crippen molar-refractivity contribution in [3.8, 4) is 16.9 Å². The van der Waals surface area contributed by atoms with Gasteiger partial charge in [-0.15, -0.1) is 0 Å². The van der Waals surface area contributed by atoms with E-state index < -0.39 is 27.4 Å². The third-order valence-corrected chi connectivity index (χ3v) is 10.4. The second-order valence-electron chi connectivity index (χ2n) is 14.6. The van der Waals surface area contributed by atoms with Crippen molar-refractivity contribution >= 4 is 49.8 Å². The summed E-state index contributed by atoms with van der Waals surface area (Å²) in [6.45, 7) is 11.6. The van der Waals surface area contributed by atoms with Gasteiger partial charge in [-0.3, -0.25) is 14.7 Å². The normalized spacial score (nSPS) is 15.3. The number of carbonyl (C=O) groups excluding carboxylic acids is 2. The maximum Gasteiger partial charge on any atom is 0.323 e. The second kappa shape index (κ2) is 15.1. The molecule has 0 unspecified atom stereocenters. The number of morpholine rings is 1. The molecule has 0 atom stereocenters. The zero-order chi connectivity index (χ0) is 37.2. The first-order valence-corrected chi connectivity index (χ1v) is 19.4. The number of urea groups is 1. The Kier molecular flexibility index (Phi) is 10.8. The van der Waals surface area contributed by atoms with Crippen molar-refractivity contribution in [2.24, 2.45) is 5.92 Å². The van der Waals surface area contributed by atoms with Crippen molar-refractivity contribution in [2.45, 2.75) is 52.5 Å². The Morgan fingerprint density at radius 2 is 1.67 bits per heavy atom. The van der Waals surface area contributed by atoms with Crippen molar-refractivity contribution in [1.29, 1.82) is 0 Å². The number of methoxy groups -OCH3 is 1. The molecule has 52 heavy (non-hydrogen) atoms. The molecule has 1 aliphatic carbocycles. The number of pyridine rings is 1. The van der Waals surface area contributed by atoms with Crippen LogP contribution in [-0.4, -0.2) is 81.5 Å². The minimum atomic E-state index is -4.01. The van der Waals surface area contributed by atoms with Crippen LogP contribution in [0.2, 0.25) is 0 Å². The fourth-order valence-corrected chi connectivity index (χ4v) is 7.49. The van der Waals surface area contributed by atoms with Gasteiger partial charge < -0.3 is 20.1 Å². The lowest BCUT2D eigenvalue weighted by Gasteiger charge is -2.36. The molecular weight excluding hydrogens is 681 g/mol. The highest BCUT2D eigenvalue weighted by molar-refractivity contribution is 7.92. The van der Waals surface area contributed by atoms with E-state index in [2.05, 4.69) is 27.7 Å². The van der Waals surface area contributed by atoms with Gasteiger partial charge in [0.25, 0.3) is 0 Å². The molecule has 1 aromatic heterocycles. The van der Waals surface area contributed by atoms with Crippen molar-refractivity contribution < 1.29 is 27.5 Å². The Balaban J connectivity index is 1.31. The summed E-state index contributed by atoms with van der Waals surface area (Å²) in [5, 5.41) is 8.95. The number of rotatable bonds is 11. The van der Waals surface area contributed by atoms with Crippen LogP contribution in [0.5, 0.6) is 5.75 Å². The van der Waals surface area contributed by atoms with Gasteiger partial charge in [-0.05, 0) is 65.0 Å². The molecule has 276 valence electrons. The maximum atomic E-state index is 13.8. The summed E-state index contributed by atoms with van der Waals surface area (Å²) in [6, 6.07) is 18.7. The topological polar surface area (TPSA) is 133 Å². The largest absolute Gasteiger partial charge is 0.492 e. The molecule has 2 fully saturated rings. The monoisotopic (exact) mass is 728 g/mol. The van der Waals surface area contributed by atoms with Gasteiger partial charge >= 0.3 is 6.03 Å². The number of amides is 3. The molecule has 12 nitrogen and oxygen atoms in total. The summed E-state index contributed by atoms with van der Waals surface area (Å²) in [5.74, 6) is -0.0891. The van der Waals surface area contributed by atoms with Crippen LogP contribution >= 0.6 is 0 Å². The zero-order valence-electron chi connectivity index (χ0n) is 30.7. The first-order chi connectivity index (χ1) is 24.7. The average Bonchev–Trinajstić information content (AvgIpc) is 3.92. The van der Waals surface area contributed by atoms with E-state index in [1.807, 2.05) is 63.4 Å². The van der Waals surface area contributed by atoms with Crippen molar-refractivity contribution in [3.05, 3.63) is 78.1 Å². The van der Waals surface area contributed by atoms with Crippen LogP contribution in [0.4, 0.5) is 21.9 Å². The molecule has 1 saturated carbocycles. The van der Waals surface area contributed by atoms with E-state index in [4.69, 9.17) is 14.5 Å². The number of hydrogen-bond donors (Lipinski definition) is 2. The number of nitrogens with one attached hydrogen (secondary N) is 2. The molecule has 0 radical (unpaired) electrons. The minimum Gasteiger partial charge on any atom is -0.492 e. The summed E-state index contributed by atoms with van der Waals surface area (Å²) in [4.78, 5) is 33.8. The molecule has 0 bridgehead atoms. The lowest BCUT2D eigenvalue weighted by Crippen LogP contribution is -2.50. The third-order valence-electron chi connectivity index (χ3n) is 9.42. The van der Waals surface area contributed by atoms with Gasteiger partial charge in [0, 0.05) is 50.2 Å². The number of hydrogen-bond acceptors (Lipinski definition) is 8. The van der Waals surface area contributed by atoms with Gasteiger partial charge in [0.1, 0.15) is 5.69 Å². The number of sulfonamides is 1. The molecule has 2 N–H and O–H groups in total. The molecule has 1 saturated heterocycles. The zero-order valence-corrected chi connectivity index (χ0v) is 31.5. The number of hydrazine groups is 1. The van der Waals surface area contributed by atoms with Crippen molar-refractivity contribution in [1.82, 2.24) is 14.9 Å². The Hall–Kier alpha value is -4.72. The predicted octanol–water partition coefficient (Wildman–Crippen LogP) is 6.62. The van der Waals surface area contributed by atoms with E-state index in [0.717, 1.165) is 89.5 Å². The number of nitrogens with zero attached hydrogens (tertiary/aromatic N) is 4. The lowest BCUT2D eigenvalue weighted by molar-refractivity contribution is -0.128. The Labute approximate surface area is 306 Å². The van der Waals surface area contributed by atoms with E-state index in [-0.39, 0.29) is 29.6 Å². The molecule has 2 aliphatic rings. The number of ether oxygens (including phenoxy) is 2. The summed E-state index contributed by atoms with van der Waals surface area (Å²) in [6.07, 6.45) is 4.79. The minimum absolute atomic E-state index is 0.111. The van der Waals surface area contributed by atoms with Crippen LogP contribution in [0.3, 0.4) is 0 Å². The number of benzene rings is 3. The van der Waals surface area contributed by atoms with Gasteiger partial charge in [-0.2, -0.15) is 4.41 Å². The fraction of sp³-hybridized carbons (Fsp3) is 0.410. The number of fused-ring (bicyclic) bond motifs is 1. The quantitative estimate of drug-likeness (QED) is 0.165. The Bertz CT molecular complexity index is 2050. The van der Waals surface area contributed by atoms with Crippen molar-refractivity contribution in [3.63, 3.8) is 0 Å². The number of carbonyl (C=O) groups is 2. The molecule has 13 heteroatoms. The highest BCUT2D eigenvalue weighted by Gasteiger charge is 2.36. The van der Waals surface area contributed by atoms with Gasteiger partial charge in [0.2, 0.25) is 15.9 Å². The summed E-state index contributed by atoms with van der Waals surface area (Å²) in [7, 11) is -2.60. The van der Waals surface area contributed by atoms with Crippen molar-refractivity contribution in [2.75, 3.05) is 61.3 Å². The molecule has 1 aliphatic heterocycles. The first-order valence-electron chi connectivity index (χ1n) is 17.6.